The second kappa shape index (κ2) is 5.34. The summed E-state index contributed by atoms with van der Waals surface area (Å²) in [6.45, 7) is 0. The number of nitrogens with two attached hydrogens (primary N) is 1. The van der Waals surface area contributed by atoms with E-state index in [0.717, 1.165) is 5.31 Å². The van der Waals surface area contributed by atoms with Crippen LogP contribution in [0.4, 0.5) is 4.39 Å². The van der Waals surface area contributed by atoms with Gasteiger partial charge in [0, 0.05) is 18.0 Å². The number of carbonyl (C=O) groups is 1. The van der Waals surface area contributed by atoms with Gasteiger partial charge >= 0.3 is 0 Å². The zero-order valence-corrected chi connectivity index (χ0v) is 12.3. The Bertz CT molecular complexity index is 697. The minimum atomic E-state index is -0.432. The number of allylic oxidation sites excluding steroid dienone is 1. The average Bonchev–Trinajstić information content (AvgIpc) is 2.47. The predicted octanol–water partition coefficient (Wildman–Crippen LogP) is 2.39. The lowest BCUT2D eigenvalue weighted by atomic mass is 10.1. The smallest absolute Gasteiger partial charge is 0.252 e. The fourth-order valence-electron chi connectivity index (χ4n) is 2.30. The Balaban J connectivity index is 1.94. The van der Waals surface area contributed by atoms with E-state index in [-0.39, 0.29) is 17.4 Å². The third kappa shape index (κ3) is 2.57. The van der Waals surface area contributed by atoms with Crippen molar-refractivity contribution in [3.63, 3.8) is 0 Å². The summed E-state index contributed by atoms with van der Waals surface area (Å²) in [4.78, 5) is 13.8. The van der Waals surface area contributed by atoms with E-state index in [2.05, 4.69) is 0 Å². The molecule has 6 heteroatoms. The van der Waals surface area contributed by atoms with Crippen LogP contribution in [0.5, 0.6) is 5.75 Å². The average molecular weight is 304 g/mol. The summed E-state index contributed by atoms with van der Waals surface area (Å²) in [5, 5.41) is 0.835. The molecular weight excluding hydrogens is 290 g/mol. The summed E-state index contributed by atoms with van der Waals surface area (Å²) in [5.74, 6) is -0.425. The molecule has 2 atom stereocenters. The summed E-state index contributed by atoms with van der Waals surface area (Å²) in [6.07, 6.45) is 6.87. The highest BCUT2D eigenvalue weighted by atomic mass is 31.1. The fraction of sp³-hybridized carbons (Fsp3) is 0.133. The SMILES string of the molecule is COc1ccc(C2=CC(=O)N3C=C(N)C=CC3P2)cc1F. The van der Waals surface area contributed by atoms with Crippen molar-refractivity contribution in [3.05, 3.63) is 59.7 Å². The van der Waals surface area contributed by atoms with Crippen LogP contribution in [0.2, 0.25) is 0 Å². The van der Waals surface area contributed by atoms with Crippen LogP contribution >= 0.6 is 8.58 Å². The van der Waals surface area contributed by atoms with E-state index in [0.29, 0.717) is 19.8 Å². The van der Waals surface area contributed by atoms with Crippen LogP contribution in [0, 0.1) is 5.82 Å². The molecule has 1 amide bonds. The van der Waals surface area contributed by atoms with Gasteiger partial charge < -0.3 is 15.4 Å². The molecule has 3 rings (SSSR count). The van der Waals surface area contributed by atoms with Gasteiger partial charge in [0.1, 0.15) is 0 Å². The summed E-state index contributed by atoms with van der Waals surface area (Å²) in [5.41, 5.74) is 6.96. The first-order valence-electron chi connectivity index (χ1n) is 6.38. The minimum Gasteiger partial charge on any atom is -0.494 e. The molecule has 0 aromatic heterocycles. The fourth-order valence-corrected chi connectivity index (χ4v) is 3.68. The lowest BCUT2D eigenvalue weighted by molar-refractivity contribution is -0.123. The molecule has 1 aromatic carbocycles. The van der Waals surface area contributed by atoms with Crippen LogP contribution in [0.15, 0.2) is 48.3 Å². The maximum absolute atomic E-state index is 13.8. The molecule has 0 bridgehead atoms. The summed E-state index contributed by atoms with van der Waals surface area (Å²) in [7, 11) is 1.76. The molecule has 2 aliphatic rings. The topological polar surface area (TPSA) is 55.6 Å². The van der Waals surface area contributed by atoms with E-state index < -0.39 is 5.82 Å². The molecule has 0 aliphatic carbocycles. The molecular formula is C15H14FN2O2P. The van der Waals surface area contributed by atoms with E-state index >= 15 is 0 Å². The van der Waals surface area contributed by atoms with Crippen LogP contribution in [0.3, 0.4) is 0 Å². The third-order valence-electron chi connectivity index (χ3n) is 3.35. The van der Waals surface area contributed by atoms with Gasteiger partial charge in [-0.3, -0.25) is 4.79 Å². The number of methoxy groups -OCH3 is 1. The van der Waals surface area contributed by atoms with Gasteiger partial charge in [0.15, 0.2) is 11.6 Å². The molecule has 2 aliphatic heterocycles. The van der Waals surface area contributed by atoms with Crippen molar-refractivity contribution in [2.75, 3.05) is 7.11 Å². The number of hydrogen-bond donors (Lipinski definition) is 1. The van der Waals surface area contributed by atoms with Gasteiger partial charge in [-0.05, 0) is 29.1 Å². The molecule has 0 spiro atoms. The highest BCUT2D eigenvalue weighted by Crippen LogP contribution is 2.44. The highest BCUT2D eigenvalue weighted by Gasteiger charge is 2.28. The van der Waals surface area contributed by atoms with E-state index in [1.54, 1.807) is 35.4 Å². The molecule has 108 valence electrons. The standard InChI is InChI=1S/C15H14FN2O2P/c1-20-12-4-2-9(6-11(12)16)13-7-14(19)18-8-10(17)3-5-15(18)21-13/h2-8,15,21H,17H2,1H3. The monoisotopic (exact) mass is 304 g/mol. The van der Waals surface area contributed by atoms with E-state index in [9.17, 15) is 9.18 Å². The van der Waals surface area contributed by atoms with Crippen LogP contribution in [0.25, 0.3) is 5.31 Å². The first kappa shape index (κ1) is 13.8. The molecule has 2 unspecified atom stereocenters. The Morgan fingerprint density at radius 2 is 2.24 bits per heavy atom. The Morgan fingerprint density at radius 3 is 2.95 bits per heavy atom. The van der Waals surface area contributed by atoms with E-state index in [1.807, 2.05) is 6.08 Å². The van der Waals surface area contributed by atoms with Gasteiger partial charge in [0.25, 0.3) is 5.91 Å². The summed E-state index contributed by atoms with van der Waals surface area (Å²) in [6, 6.07) is 4.74. The van der Waals surface area contributed by atoms with Crippen molar-refractivity contribution in [2.24, 2.45) is 5.73 Å². The second-order valence-corrected chi connectivity index (χ2v) is 6.15. The molecule has 4 nitrogen and oxygen atoms in total. The minimum absolute atomic E-state index is 0.0463. The molecule has 0 fully saturated rings. The Kier molecular flexibility index (Phi) is 3.52. The largest absolute Gasteiger partial charge is 0.494 e. The quantitative estimate of drug-likeness (QED) is 0.854. The lowest BCUT2D eigenvalue weighted by Gasteiger charge is -2.33. The number of rotatable bonds is 2. The Morgan fingerprint density at radius 1 is 1.43 bits per heavy atom. The molecule has 21 heavy (non-hydrogen) atoms. The number of ether oxygens (including phenoxy) is 1. The molecule has 2 N–H and O–H groups in total. The van der Waals surface area contributed by atoms with Gasteiger partial charge in [0.2, 0.25) is 0 Å². The van der Waals surface area contributed by atoms with E-state index in [1.165, 1.54) is 13.2 Å². The zero-order chi connectivity index (χ0) is 15.0. The zero-order valence-electron chi connectivity index (χ0n) is 11.3. The van der Waals surface area contributed by atoms with E-state index in [4.69, 9.17) is 10.5 Å². The molecule has 2 heterocycles. The van der Waals surface area contributed by atoms with Gasteiger partial charge in [-0.25, -0.2) is 4.39 Å². The molecule has 0 radical (unpaired) electrons. The van der Waals surface area contributed by atoms with Crippen molar-refractivity contribution in [2.45, 2.75) is 5.78 Å². The van der Waals surface area contributed by atoms with Crippen LogP contribution in [-0.2, 0) is 4.79 Å². The Hall–Kier alpha value is -2.13. The number of benzene rings is 1. The normalized spacial score (nSPS) is 21.9. The number of amides is 1. The molecule has 0 saturated carbocycles. The number of fused-ring (bicyclic) bond motifs is 1. The Labute approximate surface area is 123 Å². The maximum Gasteiger partial charge on any atom is 0.252 e. The van der Waals surface area contributed by atoms with Crippen molar-refractivity contribution < 1.29 is 13.9 Å². The first-order valence-corrected chi connectivity index (χ1v) is 7.46. The molecule has 0 saturated heterocycles. The number of hydrogen-bond acceptors (Lipinski definition) is 3. The third-order valence-corrected chi connectivity index (χ3v) is 4.86. The van der Waals surface area contributed by atoms with Gasteiger partial charge in [-0.1, -0.05) is 20.7 Å². The maximum atomic E-state index is 13.8. The second-order valence-electron chi connectivity index (χ2n) is 4.73. The predicted molar refractivity (Wildman–Crippen MR) is 81.3 cm³/mol. The number of halogens is 1. The van der Waals surface area contributed by atoms with Crippen molar-refractivity contribution in [3.8, 4) is 5.75 Å². The lowest BCUT2D eigenvalue weighted by Crippen LogP contribution is -2.36. The van der Waals surface area contributed by atoms with Crippen molar-refractivity contribution >= 4 is 19.8 Å². The van der Waals surface area contributed by atoms with Gasteiger partial charge in [0.05, 0.1) is 12.9 Å². The summed E-state index contributed by atoms with van der Waals surface area (Å²) < 4.78 is 18.7. The van der Waals surface area contributed by atoms with Gasteiger partial charge in [-0.2, -0.15) is 0 Å². The van der Waals surface area contributed by atoms with Crippen molar-refractivity contribution in [1.82, 2.24) is 4.90 Å². The van der Waals surface area contributed by atoms with Crippen LogP contribution < -0.4 is 10.5 Å². The first-order chi connectivity index (χ1) is 10.1. The summed E-state index contributed by atoms with van der Waals surface area (Å²) >= 11 is 0. The highest BCUT2D eigenvalue weighted by molar-refractivity contribution is 7.51. The van der Waals surface area contributed by atoms with Gasteiger partial charge in [-0.15, -0.1) is 0 Å². The number of nitrogens with zero attached hydrogens (tertiary/aromatic N) is 1. The van der Waals surface area contributed by atoms with Crippen LogP contribution in [-0.4, -0.2) is 23.7 Å². The van der Waals surface area contributed by atoms with Crippen LogP contribution in [0.1, 0.15) is 5.56 Å². The molecule has 1 aromatic rings. The number of carbonyl (C=O) groups excluding carboxylic acids is 1. The van der Waals surface area contributed by atoms with Crippen molar-refractivity contribution in [1.29, 1.82) is 0 Å².